The van der Waals surface area contributed by atoms with Crippen LogP contribution in [0, 0.1) is 17.8 Å². The summed E-state index contributed by atoms with van der Waals surface area (Å²) in [6.45, 7) is 7.21. The number of carbonyl (C=O) groups is 4. The summed E-state index contributed by atoms with van der Waals surface area (Å²) in [6.07, 6.45) is 5.17. The van der Waals surface area contributed by atoms with Gasteiger partial charge in [-0.3, -0.25) is 19.2 Å². The van der Waals surface area contributed by atoms with Crippen LogP contribution in [0.25, 0.3) is 10.9 Å². The summed E-state index contributed by atoms with van der Waals surface area (Å²) >= 11 is 1.25. The highest BCUT2D eigenvalue weighted by molar-refractivity contribution is 7.09. The van der Waals surface area contributed by atoms with Gasteiger partial charge >= 0.3 is 11.9 Å². The number of nitrogens with zero attached hydrogens (tertiary/aromatic N) is 2. The van der Waals surface area contributed by atoms with Gasteiger partial charge in [-0.25, -0.2) is 4.98 Å². The van der Waals surface area contributed by atoms with Crippen molar-refractivity contribution >= 4 is 46.0 Å². The zero-order valence-electron chi connectivity index (χ0n) is 26.4. The number of thiazole rings is 1. The van der Waals surface area contributed by atoms with E-state index in [0.29, 0.717) is 36.6 Å². The molecule has 0 bridgehead atoms. The Hall–Kier alpha value is -3.73. The molecule has 4 rings (SSSR count). The van der Waals surface area contributed by atoms with E-state index in [2.05, 4.69) is 21.4 Å². The molecule has 1 saturated carbocycles. The van der Waals surface area contributed by atoms with Crippen molar-refractivity contribution in [1.82, 2.24) is 20.2 Å². The Labute approximate surface area is 262 Å². The quantitative estimate of drug-likeness (QED) is 0.215. The molecule has 2 aromatic heterocycles. The van der Waals surface area contributed by atoms with Gasteiger partial charge in [0.05, 0.1) is 13.0 Å². The minimum absolute atomic E-state index is 0.0925. The first kappa shape index (κ1) is 33.2. The zero-order chi connectivity index (χ0) is 32.0. The van der Waals surface area contributed by atoms with Crippen molar-refractivity contribution in [3.63, 3.8) is 0 Å². The van der Waals surface area contributed by atoms with Gasteiger partial charge in [-0.2, -0.15) is 0 Å². The Morgan fingerprint density at radius 1 is 1.14 bits per heavy atom. The lowest BCUT2D eigenvalue weighted by atomic mass is 9.95. The molecule has 1 aliphatic carbocycles. The van der Waals surface area contributed by atoms with E-state index in [1.165, 1.54) is 25.4 Å². The number of rotatable bonds is 15. The topological polar surface area (TPSA) is 131 Å². The molecule has 2 heterocycles. The summed E-state index contributed by atoms with van der Waals surface area (Å²) in [5, 5.41) is 6.29. The minimum Gasteiger partial charge on any atom is -0.469 e. The SMILES string of the molecule is COC(=O)C(C)C[C@H](Cc1ccc2[nH]ccc2c1)NC(=O)c1csc(C(CC(C(C)C)N(C)C(=O)CC2CC2)OC(C)=O)n1. The number of nitrogens with one attached hydrogen (secondary N) is 2. The standard InChI is InChI=1S/C33H44N4O6S/c1-19(2)28(37(5)30(39)16-22-7-8-22)17-29(43-21(4)38)32-36-27(18-44-32)31(40)35-25(13-20(3)33(41)42-6)15-23-9-10-26-24(14-23)11-12-34-26/h9-12,14,18-20,22,25,28-29,34H,7-8,13,15-17H2,1-6H3,(H,35,40)/t20?,25-,28?,29?/m1/s1. The molecule has 3 unspecified atom stereocenters. The molecule has 3 aromatic rings. The predicted octanol–water partition coefficient (Wildman–Crippen LogP) is 5.44. The van der Waals surface area contributed by atoms with Crippen LogP contribution in [0.3, 0.4) is 0 Å². The highest BCUT2D eigenvalue weighted by Gasteiger charge is 2.33. The lowest BCUT2D eigenvalue weighted by Gasteiger charge is -2.33. The molecular formula is C33H44N4O6S. The largest absolute Gasteiger partial charge is 0.469 e. The average Bonchev–Trinajstić information content (AvgIpc) is 3.44. The van der Waals surface area contributed by atoms with Gasteiger partial charge in [-0.05, 0) is 66.7 Å². The second-order valence-corrected chi connectivity index (χ2v) is 13.2. The number of methoxy groups -OCH3 is 1. The Balaban J connectivity index is 1.50. The van der Waals surface area contributed by atoms with Gasteiger partial charge in [0.15, 0.2) is 6.10 Å². The summed E-state index contributed by atoms with van der Waals surface area (Å²) in [4.78, 5) is 60.3. The summed E-state index contributed by atoms with van der Waals surface area (Å²) in [7, 11) is 3.16. The highest BCUT2D eigenvalue weighted by atomic mass is 32.1. The molecule has 0 radical (unpaired) electrons. The molecule has 44 heavy (non-hydrogen) atoms. The number of H-pyrrole nitrogens is 1. The summed E-state index contributed by atoms with van der Waals surface area (Å²) in [6, 6.07) is 7.52. The molecule has 1 aromatic carbocycles. The van der Waals surface area contributed by atoms with E-state index in [1.54, 1.807) is 17.2 Å². The van der Waals surface area contributed by atoms with Crippen LogP contribution < -0.4 is 5.32 Å². The van der Waals surface area contributed by atoms with Crippen LogP contribution in [0.5, 0.6) is 0 Å². The molecule has 2 N–H and O–H groups in total. The van der Waals surface area contributed by atoms with Crippen LogP contribution in [0.15, 0.2) is 35.8 Å². The number of ether oxygens (including phenoxy) is 2. The third-order valence-electron chi connectivity index (χ3n) is 8.29. The molecule has 0 spiro atoms. The van der Waals surface area contributed by atoms with Crippen molar-refractivity contribution in [1.29, 1.82) is 0 Å². The van der Waals surface area contributed by atoms with Crippen molar-refractivity contribution < 1.29 is 28.7 Å². The molecule has 0 aliphatic heterocycles. The Morgan fingerprint density at radius 3 is 2.55 bits per heavy atom. The van der Waals surface area contributed by atoms with Crippen LogP contribution in [-0.2, 0) is 30.3 Å². The maximum atomic E-state index is 13.5. The maximum absolute atomic E-state index is 13.5. The first-order chi connectivity index (χ1) is 20.9. The van der Waals surface area contributed by atoms with Crippen LogP contribution in [-0.4, -0.2) is 64.9 Å². The summed E-state index contributed by atoms with van der Waals surface area (Å²) in [5.74, 6) is -0.920. The molecule has 11 heteroatoms. The molecule has 2 amide bonds. The van der Waals surface area contributed by atoms with Crippen molar-refractivity contribution in [2.75, 3.05) is 14.2 Å². The number of amides is 2. The maximum Gasteiger partial charge on any atom is 0.308 e. The molecule has 1 aliphatic rings. The normalized spacial score (nSPS) is 15.8. The van der Waals surface area contributed by atoms with Gasteiger partial charge < -0.3 is 24.7 Å². The second kappa shape index (κ2) is 14.8. The van der Waals surface area contributed by atoms with Crippen molar-refractivity contribution in [2.45, 2.75) is 84.4 Å². The number of carbonyl (C=O) groups excluding carboxylic acids is 4. The molecular weight excluding hydrogens is 580 g/mol. The van der Waals surface area contributed by atoms with Crippen LogP contribution in [0.1, 0.15) is 87.0 Å². The molecule has 1 fully saturated rings. The highest BCUT2D eigenvalue weighted by Crippen LogP contribution is 2.35. The Kier molecular flexibility index (Phi) is 11.2. The number of aromatic amines is 1. The predicted molar refractivity (Wildman–Crippen MR) is 169 cm³/mol. The summed E-state index contributed by atoms with van der Waals surface area (Å²) in [5.41, 5.74) is 2.25. The van der Waals surface area contributed by atoms with E-state index in [9.17, 15) is 19.2 Å². The van der Waals surface area contributed by atoms with E-state index < -0.39 is 18.0 Å². The second-order valence-electron chi connectivity index (χ2n) is 12.3. The molecule has 4 atom stereocenters. The number of hydrogen-bond acceptors (Lipinski definition) is 8. The van der Waals surface area contributed by atoms with E-state index in [4.69, 9.17) is 9.47 Å². The molecule has 10 nitrogen and oxygen atoms in total. The van der Waals surface area contributed by atoms with Gasteiger partial charge in [0.2, 0.25) is 5.91 Å². The van der Waals surface area contributed by atoms with Gasteiger partial charge in [-0.15, -0.1) is 11.3 Å². The number of fused-ring (bicyclic) bond motifs is 1. The lowest BCUT2D eigenvalue weighted by molar-refractivity contribution is -0.148. The first-order valence-electron chi connectivity index (χ1n) is 15.3. The third-order valence-corrected chi connectivity index (χ3v) is 9.23. The van der Waals surface area contributed by atoms with Crippen molar-refractivity contribution in [3.8, 4) is 0 Å². The van der Waals surface area contributed by atoms with Gasteiger partial charge in [-0.1, -0.05) is 26.8 Å². The number of aromatic nitrogens is 2. The average molecular weight is 625 g/mol. The first-order valence-corrected chi connectivity index (χ1v) is 16.2. The number of esters is 2. The van der Waals surface area contributed by atoms with E-state index in [0.717, 1.165) is 29.3 Å². The number of benzene rings is 1. The van der Waals surface area contributed by atoms with Gasteiger partial charge in [0.25, 0.3) is 5.91 Å². The Morgan fingerprint density at radius 2 is 1.89 bits per heavy atom. The summed E-state index contributed by atoms with van der Waals surface area (Å²) < 4.78 is 10.6. The fourth-order valence-electron chi connectivity index (χ4n) is 5.63. The van der Waals surface area contributed by atoms with Crippen LogP contribution >= 0.6 is 11.3 Å². The molecule has 238 valence electrons. The third kappa shape index (κ3) is 8.90. The zero-order valence-corrected chi connectivity index (χ0v) is 27.2. The van der Waals surface area contributed by atoms with Crippen molar-refractivity contribution in [3.05, 3.63) is 52.1 Å². The van der Waals surface area contributed by atoms with Gasteiger partial charge in [0.1, 0.15) is 10.7 Å². The monoisotopic (exact) mass is 624 g/mol. The Bertz CT molecular complexity index is 1460. The van der Waals surface area contributed by atoms with Gasteiger partial charge in [0, 0.05) is 56.0 Å². The smallest absolute Gasteiger partial charge is 0.308 e. The van der Waals surface area contributed by atoms with E-state index in [-0.39, 0.29) is 41.5 Å². The minimum atomic E-state index is -0.703. The van der Waals surface area contributed by atoms with E-state index >= 15 is 0 Å². The lowest BCUT2D eigenvalue weighted by Crippen LogP contribution is -2.42. The van der Waals surface area contributed by atoms with Crippen LogP contribution in [0.2, 0.25) is 0 Å². The number of hydrogen-bond donors (Lipinski definition) is 2. The van der Waals surface area contributed by atoms with E-state index in [1.807, 2.05) is 45.3 Å². The molecule has 0 saturated heterocycles. The van der Waals surface area contributed by atoms with Crippen LogP contribution in [0.4, 0.5) is 0 Å². The fraction of sp³-hybridized carbons (Fsp3) is 0.545. The fourth-order valence-corrected chi connectivity index (χ4v) is 6.46. The van der Waals surface area contributed by atoms with Crippen molar-refractivity contribution in [2.24, 2.45) is 17.8 Å².